The van der Waals surface area contributed by atoms with Crippen molar-refractivity contribution >= 4 is 69.6 Å². The van der Waals surface area contributed by atoms with Gasteiger partial charge in [0.25, 0.3) is 5.91 Å². The number of pyridine rings is 1. The quantitative estimate of drug-likeness (QED) is 0.444. The number of rotatable bonds is 4. The number of aromatic nitrogens is 1. The van der Waals surface area contributed by atoms with Crippen LogP contribution in [0.1, 0.15) is 20.7 Å². The molecule has 143 valence electrons. The molecular weight excluding hydrogens is 411 g/mol. The van der Waals surface area contributed by atoms with Crippen molar-refractivity contribution in [2.75, 3.05) is 5.32 Å². The molecule has 4 aromatic rings. The Hall–Kier alpha value is -2.70. The number of hydrogen-bond donors (Lipinski definition) is 2. The zero-order valence-corrected chi connectivity index (χ0v) is 18.9. The average Bonchev–Trinajstić information content (AvgIpc) is 2.74. The SMILES string of the molecule is O=C(Nc1ccc(Cl)cc1C(=O)O)c1cccc(-c2cnc3ccccc3c2)c1.[Na]. The molecule has 0 spiro atoms. The van der Waals surface area contributed by atoms with E-state index in [-0.39, 0.29) is 45.8 Å². The van der Waals surface area contributed by atoms with Crippen LogP contribution in [0.25, 0.3) is 22.0 Å². The molecule has 0 saturated heterocycles. The molecule has 0 saturated carbocycles. The van der Waals surface area contributed by atoms with Crippen LogP contribution >= 0.6 is 11.6 Å². The van der Waals surface area contributed by atoms with E-state index in [0.717, 1.165) is 22.0 Å². The normalized spacial score (nSPS) is 10.3. The second-order valence-electron chi connectivity index (χ2n) is 6.45. The summed E-state index contributed by atoms with van der Waals surface area (Å²) in [5, 5.41) is 13.3. The molecule has 1 heterocycles. The number of carboxylic acid groups (broad SMARTS) is 1. The molecule has 0 fully saturated rings. The van der Waals surface area contributed by atoms with E-state index in [4.69, 9.17) is 11.6 Å². The average molecular weight is 426 g/mol. The van der Waals surface area contributed by atoms with Crippen LogP contribution in [0.5, 0.6) is 0 Å². The number of nitrogens with one attached hydrogen (secondary N) is 1. The van der Waals surface area contributed by atoms with Crippen molar-refractivity contribution in [3.05, 3.63) is 95.1 Å². The minimum absolute atomic E-state index is 0. The number of fused-ring (bicyclic) bond motifs is 1. The van der Waals surface area contributed by atoms with Crippen molar-refractivity contribution in [1.82, 2.24) is 4.98 Å². The standard InChI is InChI=1S/C23H15ClN2O3.Na/c24-18-8-9-21(19(12-18)23(28)29)26-22(27)16-6-3-5-14(10-16)17-11-15-4-1-2-7-20(15)25-13-17;/h1-13H,(H,26,27)(H,28,29);. The van der Waals surface area contributed by atoms with Crippen molar-refractivity contribution < 1.29 is 14.7 Å². The van der Waals surface area contributed by atoms with Crippen LogP contribution in [0.4, 0.5) is 5.69 Å². The first-order valence-corrected chi connectivity index (χ1v) is 9.18. The number of anilines is 1. The smallest absolute Gasteiger partial charge is 0.337 e. The van der Waals surface area contributed by atoms with E-state index in [2.05, 4.69) is 10.3 Å². The summed E-state index contributed by atoms with van der Waals surface area (Å²) in [6.07, 6.45) is 1.76. The number of nitrogens with zero attached hydrogens (tertiary/aromatic N) is 1. The summed E-state index contributed by atoms with van der Waals surface area (Å²) in [7, 11) is 0. The van der Waals surface area contributed by atoms with Crippen molar-refractivity contribution in [2.24, 2.45) is 0 Å². The van der Waals surface area contributed by atoms with Gasteiger partial charge in [0, 0.05) is 57.3 Å². The second-order valence-corrected chi connectivity index (χ2v) is 6.88. The van der Waals surface area contributed by atoms with Gasteiger partial charge in [0.1, 0.15) is 0 Å². The van der Waals surface area contributed by atoms with E-state index < -0.39 is 11.9 Å². The topological polar surface area (TPSA) is 79.3 Å². The van der Waals surface area contributed by atoms with E-state index in [1.165, 1.54) is 18.2 Å². The summed E-state index contributed by atoms with van der Waals surface area (Å²) in [5.74, 6) is -1.58. The maximum atomic E-state index is 12.7. The molecule has 0 atom stereocenters. The molecular formula is C23H15ClN2NaO3. The molecule has 1 radical (unpaired) electrons. The zero-order chi connectivity index (χ0) is 20.4. The predicted molar refractivity (Wildman–Crippen MR) is 119 cm³/mol. The molecule has 0 aliphatic heterocycles. The van der Waals surface area contributed by atoms with Gasteiger partial charge in [-0.2, -0.15) is 0 Å². The van der Waals surface area contributed by atoms with Gasteiger partial charge in [-0.3, -0.25) is 9.78 Å². The van der Waals surface area contributed by atoms with E-state index in [0.29, 0.717) is 5.56 Å². The van der Waals surface area contributed by atoms with Gasteiger partial charge >= 0.3 is 5.97 Å². The van der Waals surface area contributed by atoms with Crippen LogP contribution in [0, 0.1) is 0 Å². The first kappa shape index (κ1) is 22.0. The molecule has 0 bridgehead atoms. The van der Waals surface area contributed by atoms with Crippen LogP contribution in [-0.4, -0.2) is 51.5 Å². The monoisotopic (exact) mass is 425 g/mol. The summed E-state index contributed by atoms with van der Waals surface area (Å²) in [6.45, 7) is 0. The maximum absolute atomic E-state index is 12.7. The number of hydrogen-bond acceptors (Lipinski definition) is 3. The summed E-state index contributed by atoms with van der Waals surface area (Å²) in [6, 6.07) is 21.2. The van der Waals surface area contributed by atoms with Gasteiger partial charge in [-0.1, -0.05) is 41.9 Å². The maximum Gasteiger partial charge on any atom is 0.337 e. The summed E-state index contributed by atoms with van der Waals surface area (Å²) >= 11 is 5.86. The third kappa shape index (κ3) is 4.71. The Balaban J connectivity index is 0.00000256. The van der Waals surface area contributed by atoms with E-state index >= 15 is 0 Å². The molecule has 7 heteroatoms. The second kappa shape index (κ2) is 9.41. The summed E-state index contributed by atoms with van der Waals surface area (Å²) in [4.78, 5) is 28.6. The fourth-order valence-electron chi connectivity index (χ4n) is 3.07. The molecule has 5 nitrogen and oxygen atoms in total. The minimum atomic E-state index is -1.17. The van der Waals surface area contributed by atoms with E-state index in [1.807, 2.05) is 36.4 Å². The van der Waals surface area contributed by atoms with Gasteiger partial charge in [-0.15, -0.1) is 0 Å². The molecule has 1 aromatic heterocycles. The Labute approximate surface area is 200 Å². The van der Waals surface area contributed by atoms with Crippen molar-refractivity contribution in [3.63, 3.8) is 0 Å². The number of carbonyl (C=O) groups is 2. The van der Waals surface area contributed by atoms with Crippen LogP contribution in [0.15, 0.2) is 79.0 Å². The number of aromatic carboxylic acids is 1. The van der Waals surface area contributed by atoms with Gasteiger partial charge in [0.05, 0.1) is 16.8 Å². The van der Waals surface area contributed by atoms with Gasteiger partial charge in [0.15, 0.2) is 0 Å². The van der Waals surface area contributed by atoms with Gasteiger partial charge in [0.2, 0.25) is 0 Å². The summed E-state index contributed by atoms with van der Waals surface area (Å²) in [5.41, 5.74) is 3.14. The Kier molecular flexibility index (Phi) is 6.90. The number of carboxylic acids is 1. The van der Waals surface area contributed by atoms with Crippen molar-refractivity contribution in [2.45, 2.75) is 0 Å². The third-order valence-electron chi connectivity index (χ3n) is 4.51. The largest absolute Gasteiger partial charge is 0.478 e. The number of amides is 1. The van der Waals surface area contributed by atoms with Gasteiger partial charge < -0.3 is 10.4 Å². The fourth-order valence-corrected chi connectivity index (χ4v) is 3.24. The Morgan fingerprint density at radius 2 is 1.70 bits per heavy atom. The Bertz CT molecular complexity index is 1260. The van der Waals surface area contributed by atoms with Crippen LogP contribution < -0.4 is 5.32 Å². The van der Waals surface area contributed by atoms with Crippen molar-refractivity contribution in [1.29, 1.82) is 0 Å². The molecule has 4 rings (SSSR count). The molecule has 3 aromatic carbocycles. The van der Waals surface area contributed by atoms with E-state index in [9.17, 15) is 14.7 Å². The number of carbonyl (C=O) groups excluding carboxylic acids is 1. The number of para-hydroxylation sites is 1. The first-order valence-electron chi connectivity index (χ1n) is 8.81. The molecule has 2 N–H and O–H groups in total. The van der Waals surface area contributed by atoms with Gasteiger partial charge in [-0.05, 0) is 48.0 Å². The number of halogens is 1. The molecule has 0 aliphatic carbocycles. The molecule has 1 amide bonds. The minimum Gasteiger partial charge on any atom is -0.478 e. The molecule has 0 aliphatic rings. The number of benzene rings is 3. The van der Waals surface area contributed by atoms with E-state index in [1.54, 1.807) is 24.4 Å². The Morgan fingerprint density at radius 1 is 0.900 bits per heavy atom. The zero-order valence-electron chi connectivity index (χ0n) is 16.1. The fraction of sp³-hybridized carbons (Fsp3) is 0. The van der Waals surface area contributed by atoms with Crippen LogP contribution in [-0.2, 0) is 0 Å². The predicted octanol–water partition coefficient (Wildman–Crippen LogP) is 5.12. The third-order valence-corrected chi connectivity index (χ3v) is 4.74. The van der Waals surface area contributed by atoms with Gasteiger partial charge in [-0.25, -0.2) is 4.79 Å². The molecule has 0 unspecified atom stereocenters. The first-order chi connectivity index (χ1) is 14.0. The summed E-state index contributed by atoms with van der Waals surface area (Å²) < 4.78 is 0. The van der Waals surface area contributed by atoms with Crippen LogP contribution in [0.3, 0.4) is 0 Å². The van der Waals surface area contributed by atoms with Crippen LogP contribution in [0.2, 0.25) is 5.02 Å². The molecule has 30 heavy (non-hydrogen) atoms. The Morgan fingerprint density at radius 3 is 2.50 bits per heavy atom. The van der Waals surface area contributed by atoms with Crippen molar-refractivity contribution in [3.8, 4) is 11.1 Å².